The van der Waals surface area contributed by atoms with Gasteiger partial charge in [-0.15, -0.1) is 0 Å². The van der Waals surface area contributed by atoms with E-state index in [1.165, 1.54) is 13.1 Å². The maximum Gasteiger partial charge on any atom is 0.166 e. The van der Waals surface area contributed by atoms with Crippen molar-refractivity contribution in [2.75, 3.05) is 13.2 Å². The number of carbonyl (C=O) groups is 1. The molecule has 1 aromatic heterocycles. The molecule has 0 aliphatic heterocycles. The lowest BCUT2D eigenvalue weighted by molar-refractivity contribution is 0.101. The van der Waals surface area contributed by atoms with Crippen molar-refractivity contribution in [2.45, 2.75) is 6.92 Å². The molecule has 0 spiro atoms. The van der Waals surface area contributed by atoms with Gasteiger partial charge in [-0.2, -0.15) is 0 Å². The molecule has 0 saturated carbocycles. The minimum Gasteiger partial charge on any atom is -0.491 e. The maximum atomic E-state index is 11.2. The fourth-order valence-electron chi connectivity index (χ4n) is 1.03. The Hall–Kier alpha value is -1.13. The summed E-state index contributed by atoms with van der Waals surface area (Å²) in [4.78, 5) is 15.0. The third kappa shape index (κ3) is 2.43. The second kappa shape index (κ2) is 4.93. The number of Topliss-reactive ketones (excluding diaryl/α,β-unsaturated/α-hetero) is 1. The number of ketones is 1. The van der Waals surface area contributed by atoms with Gasteiger partial charge in [-0.3, -0.25) is 4.79 Å². The summed E-state index contributed by atoms with van der Waals surface area (Å²) < 4.78 is 5.26. The van der Waals surface area contributed by atoms with Crippen LogP contribution in [0.5, 0.6) is 5.75 Å². The van der Waals surface area contributed by atoms with Crippen molar-refractivity contribution < 1.29 is 9.53 Å². The molecule has 0 radical (unpaired) electrons. The summed E-state index contributed by atoms with van der Waals surface area (Å²) >= 11 is 5.76. The number of hydrogen-bond acceptors (Lipinski definition) is 4. The molecule has 4 nitrogen and oxygen atoms in total. The third-order valence-electron chi connectivity index (χ3n) is 1.59. The van der Waals surface area contributed by atoms with Gasteiger partial charge in [-0.1, -0.05) is 11.6 Å². The van der Waals surface area contributed by atoms with E-state index in [1.807, 2.05) is 0 Å². The predicted molar refractivity (Wildman–Crippen MR) is 53.8 cm³/mol. The Morgan fingerprint density at radius 2 is 2.43 bits per heavy atom. The summed E-state index contributed by atoms with van der Waals surface area (Å²) in [6.45, 7) is 2.15. The van der Waals surface area contributed by atoms with Gasteiger partial charge >= 0.3 is 0 Å². The zero-order chi connectivity index (χ0) is 10.6. The lowest BCUT2D eigenvalue weighted by Crippen LogP contribution is -2.12. The highest BCUT2D eigenvalue weighted by molar-refractivity contribution is 6.33. The average Bonchev–Trinajstić information content (AvgIpc) is 2.14. The van der Waals surface area contributed by atoms with Crippen LogP contribution in [-0.4, -0.2) is 23.9 Å². The minimum absolute atomic E-state index is 0.159. The van der Waals surface area contributed by atoms with Gasteiger partial charge in [0.15, 0.2) is 5.78 Å². The van der Waals surface area contributed by atoms with Gasteiger partial charge in [0.2, 0.25) is 0 Å². The SMILES string of the molecule is CC(=O)c1c(OCCN)ccnc1Cl. The van der Waals surface area contributed by atoms with E-state index in [-0.39, 0.29) is 10.9 Å². The van der Waals surface area contributed by atoms with Gasteiger partial charge in [0, 0.05) is 12.7 Å². The molecule has 0 saturated heterocycles. The average molecular weight is 215 g/mol. The first-order valence-corrected chi connectivity index (χ1v) is 4.53. The molecule has 0 aliphatic rings. The monoisotopic (exact) mass is 214 g/mol. The summed E-state index contributed by atoms with van der Waals surface area (Å²) in [6, 6.07) is 1.60. The van der Waals surface area contributed by atoms with Crippen molar-refractivity contribution in [1.82, 2.24) is 4.98 Å². The Kier molecular flexibility index (Phi) is 3.85. The second-order valence-electron chi connectivity index (χ2n) is 2.67. The van der Waals surface area contributed by atoms with Gasteiger partial charge in [-0.25, -0.2) is 4.98 Å². The number of rotatable bonds is 4. The molecule has 0 unspecified atom stereocenters. The summed E-state index contributed by atoms with van der Waals surface area (Å²) in [5.74, 6) is 0.262. The summed E-state index contributed by atoms with van der Waals surface area (Å²) in [5.41, 5.74) is 5.59. The molecule has 76 valence electrons. The first-order valence-electron chi connectivity index (χ1n) is 4.15. The van der Waals surface area contributed by atoms with Crippen molar-refractivity contribution >= 4 is 17.4 Å². The fourth-order valence-corrected chi connectivity index (χ4v) is 1.31. The van der Waals surface area contributed by atoms with Crippen LogP contribution in [-0.2, 0) is 0 Å². The number of hydrogen-bond donors (Lipinski definition) is 1. The molecule has 0 atom stereocenters. The second-order valence-corrected chi connectivity index (χ2v) is 3.03. The molecule has 5 heteroatoms. The normalized spacial score (nSPS) is 9.93. The van der Waals surface area contributed by atoms with E-state index in [9.17, 15) is 4.79 Å². The van der Waals surface area contributed by atoms with Crippen LogP contribution in [0, 0.1) is 0 Å². The van der Waals surface area contributed by atoms with Crippen molar-refractivity contribution in [2.24, 2.45) is 5.73 Å². The number of ether oxygens (including phenoxy) is 1. The van der Waals surface area contributed by atoms with E-state index in [2.05, 4.69) is 4.98 Å². The first-order chi connectivity index (χ1) is 6.66. The van der Waals surface area contributed by atoms with Gasteiger partial charge in [0.25, 0.3) is 0 Å². The summed E-state index contributed by atoms with van der Waals surface area (Å²) in [6.07, 6.45) is 1.49. The molecule has 0 aliphatic carbocycles. The molecule has 14 heavy (non-hydrogen) atoms. The van der Waals surface area contributed by atoms with Crippen molar-refractivity contribution in [3.63, 3.8) is 0 Å². The lowest BCUT2D eigenvalue weighted by atomic mass is 10.2. The number of pyridine rings is 1. The van der Waals surface area contributed by atoms with E-state index >= 15 is 0 Å². The molecule has 0 amide bonds. The van der Waals surface area contributed by atoms with E-state index in [0.29, 0.717) is 24.5 Å². The number of aromatic nitrogens is 1. The van der Waals surface area contributed by atoms with Gasteiger partial charge in [-0.05, 0) is 13.0 Å². The molecule has 0 aromatic carbocycles. The Bertz CT molecular complexity index is 342. The van der Waals surface area contributed by atoms with Crippen LogP contribution in [0.1, 0.15) is 17.3 Å². The largest absolute Gasteiger partial charge is 0.491 e. The summed E-state index contributed by atoms with van der Waals surface area (Å²) in [7, 11) is 0. The van der Waals surface area contributed by atoms with Gasteiger partial charge in [0.1, 0.15) is 17.5 Å². The zero-order valence-corrected chi connectivity index (χ0v) is 8.54. The standard InChI is InChI=1S/C9H11ClN2O2/c1-6(13)8-7(14-5-3-11)2-4-12-9(8)10/h2,4H,3,5,11H2,1H3. The number of nitrogens with zero attached hydrogens (tertiary/aromatic N) is 1. The van der Waals surface area contributed by atoms with Gasteiger partial charge < -0.3 is 10.5 Å². The van der Waals surface area contributed by atoms with E-state index in [0.717, 1.165) is 0 Å². The first kappa shape index (κ1) is 10.9. The van der Waals surface area contributed by atoms with Crippen molar-refractivity contribution in [3.8, 4) is 5.75 Å². The Balaban J connectivity index is 3.02. The van der Waals surface area contributed by atoms with Crippen LogP contribution in [0.3, 0.4) is 0 Å². The molecule has 2 N–H and O–H groups in total. The van der Waals surface area contributed by atoms with Crippen LogP contribution in [0.15, 0.2) is 12.3 Å². The molecule has 1 aromatic rings. The predicted octanol–water partition coefficient (Wildman–Crippen LogP) is 1.28. The zero-order valence-electron chi connectivity index (χ0n) is 7.79. The van der Waals surface area contributed by atoms with E-state index in [1.54, 1.807) is 6.07 Å². The van der Waals surface area contributed by atoms with E-state index in [4.69, 9.17) is 22.1 Å². The molecule has 1 heterocycles. The van der Waals surface area contributed by atoms with Crippen LogP contribution in [0.25, 0.3) is 0 Å². The highest BCUT2D eigenvalue weighted by atomic mass is 35.5. The van der Waals surface area contributed by atoms with Crippen molar-refractivity contribution in [3.05, 3.63) is 23.0 Å². The van der Waals surface area contributed by atoms with Crippen LogP contribution in [0.2, 0.25) is 5.15 Å². The maximum absolute atomic E-state index is 11.2. The molecular formula is C9H11ClN2O2. The smallest absolute Gasteiger partial charge is 0.166 e. The number of carbonyl (C=O) groups excluding carboxylic acids is 1. The Labute approximate surface area is 87.0 Å². The summed E-state index contributed by atoms with van der Waals surface area (Å²) in [5, 5.41) is 0.159. The number of nitrogens with two attached hydrogens (primary N) is 1. The van der Waals surface area contributed by atoms with E-state index < -0.39 is 0 Å². The van der Waals surface area contributed by atoms with Gasteiger partial charge in [0.05, 0.1) is 5.56 Å². The van der Waals surface area contributed by atoms with Crippen molar-refractivity contribution in [1.29, 1.82) is 0 Å². The molecule has 1 rings (SSSR count). The van der Waals surface area contributed by atoms with Crippen LogP contribution >= 0.6 is 11.6 Å². The third-order valence-corrected chi connectivity index (χ3v) is 1.88. The Morgan fingerprint density at radius 1 is 1.71 bits per heavy atom. The number of halogens is 1. The van der Waals surface area contributed by atoms with Crippen LogP contribution in [0.4, 0.5) is 0 Å². The lowest BCUT2D eigenvalue weighted by Gasteiger charge is -2.08. The quantitative estimate of drug-likeness (QED) is 0.606. The highest BCUT2D eigenvalue weighted by Gasteiger charge is 2.13. The molecule has 0 bridgehead atoms. The highest BCUT2D eigenvalue weighted by Crippen LogP contribution is 2.24. The van der Waals surface area contributed by atoms with Crippen LogP contribution < -0.4 is 10.5 Å². The molecule has 0 fully saturated rings. The topological polar surface area (TPSA) is 65.2 Å². The minimum atomic E-state index is -0.171. The fraction of sp³-hybridized carbons (Fsp3) is 0.333. The molecular weight excluding hydrogens is 204 g/mol. The Morgan fingerprint density at radius 3 is 3.00 bits per heavy atom.